The summed E-state index contributed by atoms with van der Waals surface area (Å²) in [4.78, 5) is 23.2. The van der Waals surface area contributed by atoms with E-state index in [9.17, 15) is 9.18 Å². The lowest BCUT2D eigenvalue weighted by atomic mass is 10.0. The maximum atomic E-state index is 14.3. The highest BCUT2D eigenvalue weighted by molar-refractivity contribution is 6.00. The number of halogens is 1. The number of anilines is 2. The van der Waals surface area contributed by atoms with Crippen LogP contribution in [0, 0.1) is 19.7 Å². The Balaban J connectivity index is 1.45. The summed E-state index contributed by atoms with van der Waals surface area (Å²) in [6.45, 7) is 4.04. The standard InChI is InChI=1S/C23H21FN6O/c1-12-4-3-5-15(20(12)24)11-18(31)30-9-8-14-10-16(6-7-17(14)30)21-19-22(25)26-13(2)27-23(19)29-28-21/h3-7,10H,8-9,11H2,1-2H3,(H3,25,26,27,28,29). The summed E-state index contributed by atoms with van der Waals surface area (Å²) in [6.07, 6.45) is 0.759. The molecule has 1 aliphatic rings. The van der Waals surface area contributed by atoms with Crippen LogP contribution in [0.4, 0.5) is 15.9 Å². The van der Waals surface area contributed by atoms with Crippen molar-refractivity contribution in [2.24, 2.45) is 0 Å². The normalized spacial score (nSPS) is 13.1. The van der Waals surface area contributed by atoms with E-state index in [0.717, 1.165) is 28.9 Å². The summed E-state index contributed by atoms with van der Waals surface area (Å²) in [7, 11) is 0. The summed E-state index contributed by atoms with van der Waals surface area (Å²) in [6, 6.07) is 11.0. The number of benzene rings is 2. The fourth-order valence-corrected chi connectivity index (χ4v) is 4.19. The smallest absolute Gasteiger partial charge is 0.231 e. The number of carbonyl (C=O) groups is 1. The zero-order chi connectivity index (χ0) is 21.7. The molecule has 2 aromatic heterocycles. The molecule has 8 heteroatoms. The van der Waals surface area contributed by atoms with E-state index >= 15 is 0 Å². The Morgan fingerprint density at radius 3 is 2.90 bits per heavy atom. The Bertz CT molecular complexity index is 1350. The van der Waals surface area contributed by atoms with Crippen LogP contribution in [0.15, 0.2) is 36.4 Å². The first-order valence-corrected chi connectivity index (χ1v) is 10.1. The molecular weight excluding hydrogens is 395 g/mol. The fraction of sp³-hybridized carbons (Fsp3) is 0.217. The molecule has 3 heterocycles. The number of fused-ring (bicyclic) bond motifs is 2. The molecule has 0 unspecified atom stereocenters. The summed E-state index contributed by atoms with van der Waals surface area (Å²) < 4.78 is 14.3. The van der Waals surface area contributed by atoms with Crippen molar-refractivity contribution in [2.45, 2.75) is 26.7 Å². The van der Waals surface area contributed by atoms with Crippen molar-refractivity contribution in [3.63, 3.8) is 0 Å². The van der Waals surface area contributed by atoms with Crippen molar-refractivity contribution in [3.8, 4) is 11.3 Å². The molecule has 1 aliphatic heterocycles. The number of H-pyrrole nitrogens is 1. The van der Waals surface area contributed by atoms with Crippen LogP contribution in [0.5, 0.6) is 0 Å². The summed E-state index contributed by atoms with van der Waals surface area (Å²) >= 11 is 0. The third-order valence-corrected chi connectivity index (χ3v) is 5.73. The van der Waals surface area contributed by atoms with Gasteiger partial charge in [0.25, 0.3) is 0 Å². The number of rotatable bonds is 3. The fourth-order valence-electron chi connectivity index (χ4n) is 4.19. The number of nitrogens with one attached hydrogen (secondary N) is 1. The zero-order valence-corrected chi connectivity index (χ0v) is 17.2. The summed E-state index contributed by atoms with van der Waals surface area (Å²) in [5, 5.41) is 7.96. The molecule has 156 valence electrons. The highest BCUT2D eigenvalue weighted by Gasteiger charge is 2.26. The first-order valence-electron chi connectivity index (χ1n) is 10.1. The van der Waals surface area contributed by atoms with E-state index in [2.05, 4.69) is 20.2 Å². The topological polar surface area (TPSA) is 101 Å². The number of amides is 1. The van der Waals surface area contributed by atoms with E-state index in [1.807, 2.05) is 18.2 Å². The second kappa shape index (κ2) is 7.16. The number of nitrogens with zero attached hydrogens (tertiary/aromatic N) is 4. The van der Waals surface area contributed by atoms with Crippen LogP contribution in [0.1, 0.15) is 22.5 Å². The van der Waals surface area contributed by atoms with E-state index < -0.39 is 0 Å². The number of nitrogens with two attached hydrogens (primary N) is 1. The van der Waals surface area contributed by atoms with Crippen molar-refractivity contribution < 1.29 is 9.18 Å². The maximum absolute atomic E-state index is 14.3. The van der Waals surface area contributed by atoms with E-state index in [1.54, 1.807) is 36.9 Å². The Kier molecular flexibility index (Phi) is 4.43. The Morgan fingerprint density at radius 1 is 1.23 bits per heavy atom. The zero-order valence-electron chi connectivity index (χ0n) is 17.2. The molecular formula is C23H21FN6O. The number of carbonyl (C=O) groups excluding carboxylic acids is 1. The summed E-state index contributed by atoms with van der Waals surface area (Å²) in [5.41, 5.74) is 11.2. The number of hydrogen-bond donors (Lipinski definition) is 2. The summed E-state index contributed by atoms with van der Waals surface area (Å²) in [5.74, 6) is 0.517. The van der Waals surface area contributed by atoms with Crippen LogP contribution in [0.2, 0.25) is 0 Å². The SMILES string of the molecule is Cc1nc(N)c2c(-c3ccc4c(c3)CCN4C(=O)Cc3cccc(C)c3F)[nH]nc2n1. The van der Waals surface area contributed by atoms with Crippen molar-refractivity contribution in [1.29, 1.82) is 0 Å². The molecule has 0 spiro atoms. The molecule has 31 heavy (non-hydrogen) atoms. The minimum absolute atomic E-state index is 0.0348. The lowest BCUT2D eigenvalue weighted by Gasteiger charge is -2.18. The first kappa shape index (κ1) is 19.2. The van der Waals surface area contributed by atoms with Gasteiger partial charge in [-0.25, -0.2) is 14.4 Å². The molecule has 0 bridgehead atoms. The molecule has 0 fully saturated rings. The third kappa shape index (κ3) is 3.20. The van der Waals surface area contributed by atoms with E-state index in [-0.39, 0.29) is 18.1 Å². The minimum atomic E-state index is -0.313. The van der Waals surface area contributed by atoms with Crippen LogP contribution >= 0.6 is 0 Å². The predicted molar refractivity (Wildman–Crippen MR) is 117 cm³/mol. The van der Waals surface area contributed by atoms with E-state index in [1.165, 1.54) is 0 Å². The second-order valence-corrected chi connectivity index (χ2v) is 7.82. The molecule has 0 radical (unpaired) electrons. The molecule has 1 amide bonds. The molecule has 3 N–H and O–H groups in total. The van der Waals surface area contributed by atoms with Gasteiger partial charge in [0.1, 0.15) is 17.5 Å². The van der Waals surface area contributed by atoms with Crippen LogP contribution in [-0.2, 0) is 17.6 Å². The first-order chi connectivity index (χ1) is 14.9. The Hall–Kier alpha value is -3.81. The van der Waals surface area contributed by atoms with Gasteiger partial charge >= 0.3 is 0 Å². The van der Waals surface area contributed by atoms with Gasteiger partial charge in [0.15, 0.2) is 5.65 Å². The Morgan fingerprint density at radius 2 is 2.06 bits per heavy atom. The van der Waals surface area contributed by atoms with Crippen molar-refractivity contribution in [2.75, 3.05) is 17.2 Å². The van der Waals surface area contributed by atoms with Gasteiger partial charge in [-0.2, -0.15) is 5.10 Å². The monoisotopic (exact) mass is 416 g/mol. The van der Waals surface area contributed by atoms with Gasteiger partial charge in [0.05, 0.1) is 17.5 Å². The van der Waals surface area contributed by atoms with E-state index in [4.69, 9.17) is 5.73 Å². The molecule has 0 saturated carbocycles. The maximum Gasteiger partial charge on any atom is 0.231 e. The van der Waals surface area contributed by atoms with Crippen LogP contribution in [0.3, 0.4) is 0 Å². The van der Waals surface area contributed by atoms with Crippen molar-refractivity contribution in [3.05, 3.63) is 64.7 Å². The third-order valence-electron chi connectivity index (χ3n) is 5.73. The highest BCUT2D eigenvalue weighted by Crippen LogP contribution is 2.35. The number of aromatic amines is 1. The van der Waals surface area contributed by atoms with Gasteiger partial charge in [0.2, 0.25) is 5.91 Å². The van der Waals surface area contributed by atoms with Gasteiger partial charge in [-0.1, -0.05) is 24.3 Å². The predicted octanol–water partition coefficient (Wildman–Crippen LogP) is 3.49. The molecule has 4 aromatic rings. The van der Waals surface area contributed by atoms with Gasteiger partial charge in [-0.3, -0.25) is 9.89 Å². The molecule has 2 aromatic carbocycles. The number of nitrogen functional groups attached to an aromatic ring is 1. The molecule has 0 saturated heterocycles. The van der Waals surface area contributed by atoms with Gasteiger partial charge in [-0.05, 0) is 49.1 Å². The molecule has 0 aliphatic carbocycles. The van der Waals surface area contributed by atoms with Crippen LogP contribution < -0.4 is 10.6 Å². The lowest BCUT2D eigenvalue weighted by molar-refractivity contribution is -0.117. The largest absolute Gasteiger partial charge is 0.383 e. The second-order valence-electron chi connectivity index (χ2n) is 7.82. The molecule has 5 rings (SSSR count). The van der Waals surface area contributed by atoms with E-state index in [0.29, 0.717) is 40.3 Å². The van der Waals surface area contributed by atoms with Crippen LogP contribution in [0.25, 0.3) is 22.3 Å². The van der Waals surface area contributed by atoms with Crippen molar-refractivity contribution in [1.82, 2.24) is 20.2 Å². The number of aromatic nitrogens is 4. The van der Waals surface area contributed by atoms with Gasteiger partial charge in [-0.15, -0.1) is 0 Å². The van der Waals surface area contributed by atoms with Gasteiger partial charge in [0, 0.05) is 17.8 Å². The van der Waals surface area contributed by atoms with Crippen molar-refractivity contribution >= 4 is 28.4 Å². The quantitative estimate of drug-likeness (QED) is 0.532. The lowest BCUT2D eigenvalue weighted by Crippen LogP contribution is -2.30. The molecule has 0 atom stereocenters. The average Bonchev–Trinajstić information content (AvgIpc) is 3.35. The van der Waals surface area contributed by atoms with Gasteiger partial charge < -0.3 is 10.6 Å². The highest BCUT2D eigenvalue weighted by atomic mass is 19.1. The number of hydrogen-bond acceptors (Lipinski definition) is 5. The molecule has 7 nitrogen and oxygen atoms in total. The van der Waals surface area contributed by atoms with Crippen LogP contribution in [-0.4, -0.2) is 32.6 Å². The Labute approximate surface area is 178 Å². The average molecular weight is 416 g/mol. The number of aryl methyl sites for hydroxylation is 2. The minimum Gasteiger partial charge on any atom is -0.383 e.